The Balaban J connectivity index is 2.60. The third kappa shape index (κ3) is 3.18. The molecule has 1 N–H and O–H groups in total. The van der Waals surface area contributed by atoms with Crippen molar-refractivity contribution in [3.8, 4) is 0 Å². The summed E-state index contributed by atoms with van der Waals surface area (Å²) in [5, 5.41) is 3.66. The molecule has 0 radical (unpaired) electrons. The van der Waals surface area contributed by atoms with Crippen molar-refractivity contribution in [2.75, 3.05) is 13.1 Å². The van der Waals surface area contributed by atoms with Gasteiger partial charge in [0.25, 0.3) is 0 Å². The third-order valence-corrected chi connectivity index (χ3v) is 3.87. The van der Waals surface area contributed by atoms with E-state index in [2.05, 4.69) is 44.8 Å². The van der Waals surface area contributed by atoms with Crippen LogP contribution in [0.3, 0.4) is 0 Å². The highest BCUT2D eigenvalue weighted by molar-refractivity contribution is 4.88. The van der Waals surface area contributed by atoms with Crippen LogP contribution in [0.4, 0.5) is 0 Å². The monoisotopic (exact) mass is 212 g/mol. The summed E-state index contributed by atoms with van der Waals surface area (Å²) in [6, 6.07) is 2.16. The summed E-state index contributed by atoms with van der Waals surface area (Å²) in [6.45, 7) is 14.0. The normalized spacial score (nSPS) is 29.0. The molecule has 0 aliphatic carbocycles. The highest BCUT2D eigenvalue weighted by Crippen LogP contribution is 2.18. The molecule has 2 unspecified atom stereocenters. The molecule has 0 aromatic carbocycles. The van der Waals surface area contributed by atoms with Crippen LogP contribution in [0.1, 0.15) is 47.5 Å². The maximum absolute atomic E-state index is 3.66. The maximum atomic E-state index is 3.66. The summed E-state index contributed by atoms with van der Waals surface area (Å²) in [7, 11) is 0. The maximum Gasteiger partial charge on any atom is 0.0218 e. The lowest BCUT2D eigenvalue weighted by molar-refractivity contribution is 0.0738. The summed E-state index contributed by atoms with van der Waals surface area (Å²) < 4.78 is 0. The molecule has 0 aromatic heterocycles. The van der Waals surface area contributed by atoms with E-state index >= 15 is 0 Å². The van der Waals surface area contributed by atoms with Crippen molar-refractivity contribution in [2.45, 2.75) is 65.6 Å². The van der Waals surface area contributed by atoms with Gasteiger partial charge >= 0.3 is 0 Å². The molecule has 15 heavy (non-hydrogen) atoms. The first-order valence-corrected chi connectivity index (χ1v) is 6.59. The highest BCUT2D eigenvalue weighted by atomic mass is 15.2. The molecule has 1 aliphatic heterocycles. The molecule has 0 amide bonds. The van der Waals surface area contributed by atoms with Gasteiger partial charge in [-0.3, -0.25) is 4.90 Å². The Morgan fingerprint density at radius 2 is 1.87 bits per heavy atom. The topological polar surface area (TPSA) is 15.3 Å². The van der Waals surface area contributed by atoms with Crippen molar-refractivity contribution >= 4 is 0 Å². The lowest BCUT2D eigenvalue weighted by Crippen LogP contribution is -2.59. The summed E-state index contributed by atoms with van der Waals surface area (Å²) in [4.78, 5) is 2.71. The van der Waals surface area contributed by atoms with Gasteiger partial charge in [0.2, 0.25) is 0 Å². The number of hydrogen-bond donors (Lipinski definition) is 1. The van der Waals surface area contributed by atoms with Crippen LogP contribution in [0.15, 0.2) is 0 Å². The largest absolute Gasteiger partial charge is 0.311 e. The van der Waals surface area contributed by atoms with Gasteiger partial charge in [0.1, 0.15) is 0 Å². The van der Waals surface area contributed by atoms with Gasteiger partial charge in [-0.15, -0.1) is 0 Å². The lowest BCUT2D eigenvalue weighted by atomic mass is 9.97. The third-order valence-electron chi connectivity index (χ3n) is 3.87. The van der Waals surface area contributed by atoms with Gasteiger partial charge in [0.05, 0.1) is 0 Å². The van der Waals surface area contributed by atoms with Crippen LogP contribution in [0.25, 0.3) is 0 Å². The van der Waals surface area contributed by atoms with Crippen LogP contribution in [0.2, 0.25) is 0 Å². The van der Waals surface area contributed by atoms with Crippen LogP contribution in [-0.2, 0) is 0 Å². The molecular formula is C13H28N2. The molecule has 0 bridgehead atoms. The van der Waals surface area contributed by atoms with Crippen LogP contribution in [0.5, 0.6) is 0 Å². The highest BCUT2D eigenvalue weighted by Gasteiger charge is 2.29. The van der Waals surface area contributed by atoms with E-state index in [1.165, 1.54) is 19.4 Å². The summed E-state index contributed by atoms with van der Waals surface area (Å²) in [5.41, 5.74) is 0. The lowest BCUT2D eigenvalue weighted by Gasteiger charge is -2.44. The van der Waals surface area contributed by atoms with Crippen molar-refractivity contribution in [1.82, 2.24) is 10.2 Å². The molecule has 1 saturated heterocycles. The van der Waals surface area contributed by atoms with Crippen LogP contribution >= 0.6 is 0 Å². The second-order valence-corrected chi connectivity index (χ2v) is 5.27. The molecular weight excluding hydrogens is 184 g/mol. The van der Waals surface area contributed by atoms with Gasteiger partial charge in [0.15, 0.2) is 0 Å². The zero-order valence-corrected chi connectivity index (χ0v) is 11.1. The van der Waals surface area contributed by atoms with Crippen LogP contribution in [-0.4, -0.2) is 36.1 Å². The quantitative estimate of drug-likeness (QED) is 0.770. The summed E-state index contributed by atoms with van der Waals surface area (Å²) in [6.07, 6.45) is 2.57. The second-order valence-electron chi connectivity index (χ2n) is 5.27. The number of hydrogen-bond acceptors (Lipinski definition) is 2. The Labute approximate surface area is 95.4 Å². The Morgan fingerprint density at radius 1 is 1.27 bits per heavy atom. The molecule has 0 saturated carbocycles. The van der Waals surface area contributed by atoms with E-state index in [9.17, 15) is 0 Å². The Morgan fingerprint density at radius 3 is 2.33 bits per heavy atom. The van der Waals surface area contributed by atoms with E-state index in [1.807, 2.05) is 0 Å². The van der Waals surface area contributed by atoms with Crippen LogP contribution < -0.4 is 5.32 Å². The minimum atomic E-state index is 0.682. The number of piperazine rings is 1. The molecule has 0 aromatic rings. The first-order chi connectivity index (χ1) is 7.10. The zero-order chi connectivity index (χ0) is 11.4. The van der Waals surface area contributed by atoms with Gasteiger partial charge in [-0.2, -0.15) is 0 Å². The predicted molar refractivity (Wildman–Crippen MR) is 67.2 cm³/mol. The Hall–Kier alpha value is -0.0800. The van der Waals surface area contributed by atoms with Crippen molar-refractivity contribution in [3.05, 3.63) is 0 Å². The van der Waals surface area contributed by atoms with Crippen LogP contribution in [0, 0.1) is 5.92 Å². The fraction of sp³-hybridized carbons (Fsp3) is 1.00. The minimum absolute atomic E-state index is 0.682. The smallest absolute Gasteiger partial charge is 0.0218 e. The van der Waals surface area contributed by atoms with Gasteiger partial charge in [-0.25, -0.2) is 0 Å². The van der Waals surface area contributed by atoms with E-state index in [0.29, 0.717) is 12.1 Å². The van der Waals surface area contributed by atoms with Gasteiger partial charge < -0.3 is 5.32 Å². The van der Waals surface area contributed by atoms with Gasteiger partial charge in [0, 0.05) is 31.2 Å². The first-order valence-electron chi connectivity index (χ1n) is 6.59. The molecule has 1 heterocycles. The number of nitrogens with one attached hydrogen (secondary N) is 1. The molecule has 1 fully saturated rings. The van der Waals surface area contributed by atoms with Crippen molar-refractivity contribution in [2.24, 2.45) is 5.92 Å². The second kappa shape index (κ2) is 5.86. The molecule has 2 nitrogen and oxygen atoms in total. The van der Waals surface area contributed by atoms with E-state index in [0.717, 1.165) is 18.5 Å². The van der Waals surface area contributed by atoms with E-state index in [4.69, 9.17) is 0 Å². The van der Waals surface area contributed by atoms with Crippen molar-refractivity contribution in [3.63, 3.8) is 0 Å². The molecule has 2 heteroatoms. The zero-order valence-electron chi connectivity index (χ0n) is 11.1. The molecule has 0 spiro atoms. The van der Waals surface area contributed by atoms with E-state index in [1.54, 1.807) is 0 Å². The SMILES string of the molecule is CCC(CC)N1CC(C(C)C)NCC1C. The Kier molecular flexibility index (Phi) is 5.07. The standard InChI is InChI=1S/C13H28N2/c1-6-12(7-2)15-9-13(10(3)4)14-8-11(15)5/h10-14H,6-9H2,1-5H3. The minimum Gasteiger partial charge on any atom is -0.311 e. The average molecular weight is 212 g/mol. The van der Waals surface area contributed by atoms with Crippen molar-refractivity contribution < 1.29 is 0 Å². The molecule has 1 rings (SSSR count). The predicted octanol–water partition coefficient (Wildman–Crippen LogP) is 2.49. The number of nitrogens with zero attached hydrogens (tertiary/aromatic N) is 1. The Bertz CT molecular complexity index is 175. The fourth-order valence-corrected chi connectivity index (χ4v) is 2.62. The summed E-state index contributed by atoms with van der Waals surface area (Å²) in [5.74, 6) is 0.745. The molecule has 1 aliphatic rings. The average Bonchev–Trinajstić information content (AvgIpc) is 2.22. The van der Waals surface area contributed by atoms with Gasteiger partial charge in [-0.1, -0.05) is 27.7 Å². The molecule has 2 atom stereocenters. The van der Waals surface area contributed by atoms with Gasteiger partial charge in [-0.05, 0) is 25.7 Å². The van der Waals surface area contributed by atoms with Crippen molar-refractivity contribution in [1.29, 1.82) is 0 Å². The first kappa shape index (κ1) is 13.0. The molecule has 90 valence electrons. The van der Waals surface area contributed by atoms with E-state index in [-0.39, 0.29) is 0 Å². The summed E-state index contributed by atoms with van der Waals surface area (Å²) >= 11 is 0. The fourth-order valence-electron chi connectivity index (χ4n) is 2.62. The van der Waals surface area contributed by atoms with E-state index < -0.39 is 0 Å². The number of rotatable bonds is 4.